The summed E-state index contributed by atoms with van der Waals surface area (Å²) in [7, 11) is 0. The van der Waals surface area contributed by atoms with Crippen molar-refractivity contribution in [1.29, 1.82) is 0 Å². The highest BCUT2D eigenvalue weighted by Gasteiger charge is 2.16. The second kappa shape index (κ2) is 8.10. The lowest BCUT2D eigenvalue weighted by molar-refractivity contribution is -0.115. The number of anilines is 1. The molecule has 128 valence electrons. The number of carbonyl (C=O) groups is 1. The lowest BCUT2D eigenvalue weighted by Gasteiger charge is -2.18. The number of carbonyl (C=O) groups excluding carboxylic acids is 1. The van der Waals surface area contributed by atoms with Crippen LogP contribution in [0.4, 0.5) is 5.69 Å². The van der Waals surface area contributed by atoms with E-state index in [1.807, 2.05) is 50.2 Å². The Balaban J connectivity index is 1.68. The van der Waals surface area contributed by atoms with E-state index in [2.05, 4.69) is 40.3 Å². The van der Waals surface area contributed by atoms with Crippen LogP contribution in [-0.2, 0) is 4.79 Å². The molecular formula is C21H22N2OS. The van der Waals surface area contributed by atoms with Crippen LogP contribution >= 0.6 is 11.3 Å². The summed E-state index contributed by atoms with van der Waals surface area (Å²) in [4.78, 5) is 13.6. The lowest BCUT2D eigenvalue weighted by Crippen LogP contribution is -2.31. The summed E-state index contributed by atoms with van der Waals surface area (Å²) in [5, 5.41) is 8.44. The standard InChI is InChI=1S/C21H22N2OS/c1-15-10-11-18(16(2)13-15)23-20(24)14-22-21(19-9-6-12-25-19)17-7-4-3-5-8-17/h3-13,21-22H,14H2,1-2H3,(H,23,24)/t21-/m0/s1. The Morgan fingerprint density at radius 1 is 1.04 bits per heavy atom. The van der Waals surface area contributed by atoms with E-state index in [0.29, 0.717) is 0 Å². The van der Waals surface area contributed by atoms with Gasteiger partial charge in [-0.3, -0.25) is 10.1 Å². The van der Waals surface area contributed by atoms with Gasteiger partial charge in [-0.05, 0) is 42.5 Å². The first-order valence-electron chi connectivity index (χ1n) is 8.32. The maximum atomic E-state index is 12.4. The average Bonchev–Trinajstić information content (AvgIpc) is 3.13. The Labute approximate surface area is 152 Å². The molecule has 0 saturated heterocycles. The minimum absolute atomic E-state index is 0.0195. The molecule has 0 radical (unpaired) electrons. The van der Waals surface area contributed by atoms with Gasteiger partial charge in [-0.2, -0.15) is 0 Å². The van der Waals surface area contributed by atoms with E-state index in [1.54, 1.807) is 11.3 Å². The van der Waals surface area contributed by atoms with Crippen LogP contribution in [0.2, 0.25) is 0 Å². The van der Waals surface area contributed by atoms with E-state index in [9.17, 15) is 4.79 Å². The van der Waals surface area contributed by atoms with Crippen LogP contribution in [0.5, 0.6) is 0 Å². The predicted octanol–water partition coefficient (Wildman–Crippen LogP) is 4.68. The molecule has 0 fully saturated rings. The normalized spacial score (nSPS) is 11.9. The summed E-state index contributed by atoms with van der Waals surface area (Å²) < 4.78 is 0. The molecule has 0 unspecified atom stereocenters. The maximum absolute atomic E-state index is 12.4. The fourth-order valence-corrected chi connectivity index (χ4v) is 3.65. The summed E-state index contributed by atoms with van der Waals surface area (Å²) >= 11 is 1.69. The Morgan fingerprint density at radius 2 is 1.84 bits per heavy atom. The van der Waals surface area contributed by atoms with Gasteiger partial charge in [0.05, 0.1) is 12.6 Å². The van der Waals surface area contributed by atoms with Crippen molar-refractivity contribution in [1.82, 2.24) is 5.32 Å². The summed E-state index contributed by atoms with van der Waals surface area (Å²) in [6.07, 6.45) is 0. The van der Waals surface area contributed by atoms with Gasteiger partial charge in [-0.15, -0.1) is 11.3 Å². The van der Waals surface area contributed by atoms with Crippen LogP contribution in [0.15, 0.2) is 66.0 Å². The van der Waals surface area contributed by atoms with E-state index >= 15 is 0 Å². The first-order valence-corrected chi connectivity index (χ1v) is 9.20. The van der Waals surface area contributed by atoms with Crippen LogP contribution in [0.3, 0.4) is 0 Å². The van der Waals surface area contributed by atoms with E-state index in [-0.39, 0.29) is 18.5 Å². The second-order valence-electron chi connectivity index (χ2n) is 6.11. The van der Waals surface area contributed by atoms with Crippen molar-refractivity contribution in [2.45, 2.75) is 19.9 Å². The lowest BCUT2D eigenvalue weighted by atomic mass is 10.1. The zero-order valence-electron chi connectivity index (χ0n) is 14.5. The van der Waals surface area contributed by atoms with Crippen molar-refractivity contribution in [2.24, 2.45) is 0 Å². The van der Waals surface area contributed by atoms with Crippen molar-refractivity contribution >= 4 is 22.9 Å². The Kier molecular flexibility index (Phi) is 5.64. The van der Waals surface area contributed by atoms with Crippen molar-refractivity contribution in [2.75, 3.05) is 11.9 Å². The zero-order valence-corrected chi connectivity index (χ0v) is 15.3. The number of aryl methyl sites for hydroxylation is 2. The first-order chi connectivity index (χ1) is 12.1. The van der Waals surface area contributed by atoms with Gasteiger partial charge in [-0.1, -0.05) is 54.1 Å². The fraction of sp³-hybridized carbons (Fsp3) is 0.190. The minimum Gasteiger partial charge on any atom is -0.325 e. The largest absolute Gasteiger partial charge is 0.325 e. The van der Waals surface area contributed by atoms with Crippen LogP contribution in [0.1, 0.15) is 27.6 Å². The number of hydrogen-bond donors (Lipinski definition) is 2. The van der Waals surface area contributed by atoms with Gasteiger partial charge in [0.25, 0.3) is 0 Å². The molecular weight excluding hydrogens is 328 g/mol. The molecule has 4 heteroatoms. The summed E-state index contributed by atoms with van der Waals surface area (Å²) in [6.45, 7) is 4.31. The molecule has 0 aliphatic heterocycles. The minimum atomic E-state index is -0.0376. The van der Waals surface area contributed by atoms with Gasteiger partial charge in [-0.25, -0.2) is 0 Å². The van der Waals surface area contributed by atoms with Crippen LogP contribution in [0.25, 0.3) is 0 Å². The van der Waals surface area contributed by atoms with Crippen LogP contribution in [0, 0.1) is 13.8 Å². The van der Waals surface area contributed by atoms with Crippen LogP contribution < -0.4 is 10.6 Å². The Bertz CT molecular complexity index is 828. The molecule has 0 spiro atoms. The van der Waals surface area contributed by atoms with Crippen LogP contribution in [-0.4, -0.2) is 12.5 Å². The Hall–Kier alpha value is -2.43. The number of thiophene rings is 1. The maximum Gasteiger partial charge on any atom is 0.238 e. The van der Waals surface area contributed by atoms with Gasteiger partial charge in [0, 0.05) is 10.6 Å². The second-order valence-corrected chi connectivity index (χ2v) is 7.09. The van der Waals surface area contributed by atoms with Crippen molar-refractivity contribution < 1.29 is 4.79 Å². The molecule has 2 N–H and O–H groups in total. The quantitative estimate of drug-likeness (QED) is 0.677. The summed E-state index contributed by atoms with van der Waals surface area (Å²) in [5.74, 6) is -0.0376. The summed E-state index contributed by atoms with van der Waals surface area (Å²) in [6, 6.07) is 20.4. The average molecular weight is 350 g/mol. The molecule has 1 heterocycles. The molecule has 1 amide bonds. The topological polar surface area (TPSA) is 41.1 Å². The van der Waals surface area contributed by atoms with Gasteiger partial charge >= 0.3 is 0 Å². The van der Waals surface area contributed by atoms with Crippen molar-refractivity contribution in [3.05, 3.63) is 87.6 Å². The van der Waals surface area contributed by atoms with E-state index < -0.39 is 0 Å². The van der Waals surface area contributed by atoms with Crippen molar-refractivity contribution in [3.8, 4) is 0 Å². The molecule has 25 heavy (non-hydrogen) atoms. The van der Waals surface area contributed by atoms with E-state index in [4.69, 9.17) is 0 Å². The van der Waals surface area contributed by atoms with Gasteiger partial charge in [0.1, 0.15) is 0 Å². The molecule has 1 aromatic heterocycles. The predicted molar refractivity (Wildman–Crippen MR) is 105 cm³/mol. The molecule has 2 aromatic carbocycles. The highest BCUT2D eigenvalue weighted by atomic mass is 32.1. The monoisotopic (exact) mass is 350 g/mol. The number of amides is 1. The number of benzene rings is 2. The van der Waals surface area contributed by atoms with Gasteiger partial charge in [0.15, 0.2) is 0 Å². The molecule has 0 aliphatic carbocycles. The molecule has 3 nitrogen and oxygen atoms in total. The molecule has 3 aromatic rings. The number of nitrogens with one attached hydrogen (secondary N) is 2. The number of rotatable bonds is 6. The molecule has 0 bridgehead atoms. The highest BCUT2D eigenvalue weighted by molar-refractivity contribution is 7.10. The highest BCUT2D eigenvalue weighted by Crippen LogP contribution is 2.25. The summed E-state index contributed by atoms with van der Waals surface area (Å²) in [5.41, 5.74) is 4.29. The van der Waals surface area contributed by atoms with Crippen molar-refractivity contribution in [3.63, 3.8) is 0 Å². The van der Waals surface area contributed by atoms with E-state index in [0.717, 1.165) is 16.8 Å². The third kappa shape index (κ3) is 4.56. The smallest absolute Gasteiger partial charge is 0.238 e. The third-order valence-corrected chi connectivity index (χ3v) is 5.02. The molecule has 0 saturated carbocycles. The SMILES string of the molecule is Cc1ccc(NC(=O)CN[C@@H](c2ccccc2)c2cccs2)c(C)c1. The zero-order chi connectivity index (χ0) is 17.6. The van der Waals surface area contributed by atoms with E-state index in [1.165, 1.54) is 10.4 Å². The number of hydrogen-bond acceptors (Lipinski definition) is 3. The fourth-order valence-electron chi connectivity index (χ4n) is 2.83. The van der Waals surface area contributed by atoms with Gasteiger partial charge < -0.3 is 5.32 Å². The molecule has 0 aliphatic rings. The van der Waals surface area contributed by atoms with Gasteiger partial charge in [0.2, 0.25) is 5.91 Å². The third-order valence-electron chi connectivity index (χ3n) is 4.08. The molecule has 3 rings (SSSR count). The first kappa shape index (κ1) is 17.4. The molecule has 1 atom stereocenters. The Morgan fingerprint density at radius 3 is 2.52 bits per heavy atom.